The summed E-state index contributed by atoms with van der Waals surface area (Å²) in [5.41, 5.74) is 6.63. The van der Waals surface area contributed by atoms with E-state index in [-0.39, 0.29) is 118 Å². The molecule has 87 heavy (non-hydrogen) atoms. The largest absolute Gasteiger partial charge is 0.614 e. The lowest BCUT2D eigenvalue weighted by Gasteiger charge is -2.40. The summed E-state index contributed by atoms with van der Waals surface area (Å²) >= 11 is 3.22. The predicted molar refractivity (Wildman–Crippen MR) is 318 cm³/mol. The summed E-state index contributed by atoms with van der Waals surface area (Å²) in [6.45, 7) is -3.91. The minimum atomic E-state index is -2.26. The lowest BCUT2D eigenvalue weighted by Crippen LogP contribution is -2.67. The topological polar surface area (TPSA) is 282 Å². The minimum Gasteiger partial charge on any atom is -0.596 e. The lowest BCUT2D eigenvalue weighted by atomic mass is 9.61. The Labute approximate surface area is 508 Å². The first kappa shape index (κ1) is 60.7. The number of rotatable bonds is 8. The molecule has 8 aliphatic rings. The molecule has 0 atom stereocenters. The molecule has 0 unspecified atom stereocenters. The summed E-state index contributed by atoms with van der Waals surface area (Å²) in [5.74, 6) is -2.97. The van der Waals surface area contributed by atoms with Gasteiger partial charge in [0.2, 0.25) is 0 Å². The van der Waals surface area contributed by atoms with Crippen molar-refractivity contribution in [1.82, 2.24) is 0 Å². The maximum absolute atomic E-state index is 12.1. The van der Waals surface area contributed by atoms with Gasteiger partial charge < -0.3 is 54.8 Å². The standard InChI is InChI=1S/2C26H24B2N2O8S.3C2H3N/c2*1-29-13-23(31)35-27(29,36-24(32)14-29)19-7-3-17(4-8-19)21-11-12-22(39-21)18-5-9-20(10-6-18)28-30(2,15-25(33)37-28)16-26(34)38-28;3*1-2-3/h2*3-12H,13-16H2,1-2H3;3*1H3. The van der Waals surface area contributed by atoms with Crippen molar-refractivity contribution in [3.8, 4) is 60.0 Å². The summed E-state index contributed by atoms with van der Waals surface area (Å²) in [4.78, 5) is 101. The Morgan fingerprint density at radius 3 is 0.575 bits per heavy atom. The van der Waals surface area contributed by atoms with Crippen LogP contribution in [0.4, 0.5) is 0 Å². The van der Waals surface area contributed by atoms with E-state index >= 15 is 0 Å². The summed E-state index contributed by atoms with van der Waals surface area (Å²) < 4.78 is 45.5. The SMILES string of the molecule is CC#N.CC#N.CC#N.C[N+]12CC(=O)O[B-]1(c1ccc(-c3ccc(-c4ccc([B-]56OC(=O)C[N+]5(C)CC(=O)O6)cc4)s3)cc1)OC(=O)C2.C[N+]12CC(=O)O[B-]1(c1ccc(-c3ccc(-c4ccc([B-]56OC(=O)C[N+]5(C)CC(=O)O6)cc4)s3)cc1)OC(=O)C2. The molecule has 0 N–H and O–H groups in total. The number of carbonyl (C=O) groups is 8. The molecule has 8 fully saturated rings. The Balaban J connectivity index is 0.000000170. The van der Waals surface area contributed by atoms with Gasteiger partial charge in [-0.1, -0.05) is 119 Å². The number of quaternary nitrogens is 4. The van der Waals surface area contributed by atoms with E-state index in [1.54, 1.807) is 40.9 Å². The average Bonchev–Trinajstić information content (AvgIpc) is 1.61. The quantitative estimate of drug-likeness (QED) is 0.198. The van der Waals surface area contributed by atoms with E-state index in [2.05, 4.69) is 0 Å². The Bertz CT molecular complexity index is 3390. The summed E-state index contributed by atoms with van der Waals surface area (Å²) in [6.07, 6.45) is 0. The number of fused-ring (bicyclic) bond motifs is 4. The number of thiophene rings is 2. The van der Waals surface area contributed by atoms with Crippen LogP contribution in [0.3, 0.4) is 0 Å². The van der Waals surface area contributed by atoms with E-state index in [4.69, 9.17) is 53.0 Å². The molecule has 8 aliphatic heterocycles. The zero-order valence-corrected chi connectivity index (χ0v) is 50.1. The number of benzene rings is 4. The molecule has 6 aromatic rings. The second-order valence-electron chi connectivity index (χ2n) is 23.3. The zero-order chi connectivity index (χ0) is 62.5. The maximum atomic E-state index is 12.1. The predicted octanol–water partition coefficient (Wildman–Crippen LogP) is 2.58. The minimum absolute atomic E-state index is 0.103. The fraction of sp³-hybridized carbons (Fsp3) is 0.259. The second kappa shape index (κ2) is 22.5. The fourth-order valence-electron chi connectivity index (χ4n) is 13.2. The van der Waals surface area contributed by atoms with Crippen molar-refractivity contribution in [3.05, 3.63) is 121 Å². The summed E-state index contributed by atoms with van der Waals surface area (Å²) in [5, 5.41) is 22.0. The van der Waals surface area contributed by atoms with Gasteiger partial charge in [-0.15, -0.1) is 22.7 Å². The first-order chi connectivity index (χ1) is 41.3. The molecular weight excluding hydrogens is 1160 g/mol. The number of nitriles is 3. The smallest absolute Gasteiger partial charge is 0.596 e. The Morgan fingerprint density at radius 1 is 0.299 bits per heavy atom. The Morgan fingerprint density at radius 2 is 0.437 bits per heavy atom. The Hall–Kier alpha value is -9.39. The van der Waals surface area contributed by atoms with Crippen molar-refractivity contribution < 1.29 is 93.2 Å². The second-order valence-corrected chi connectivity index (χ2v) is 25.4. The first-order valence-electron chi connectivity index (χ1n) is 27.6. The molecule has 0 saturated carbocycles. The van der Waals surface area contributed by atoms with Crippen LogP contribution in [-0.4, -0.2) is 173 Å². The van der Waals surface area contributed by atoms with Gasteiger partial charge in [0, 0.05) is 68.5 Å². The van der Waals surface area contributed by atoms with Crippen LogP contribution in [-0.2, 0) is 75.6 Å². The van der Waals surface area contributed by atoms with E-state index in [1.165, 1.54) is 20.8 Å². The molecular formula is C58H57B4N7O16S2. The number of hydrogen-bond donors (Lipinski definition) is 0. The third-order valence-corrected chi connectivity index (χ3v) is 19.6. The monoisotopic (exact) mass is 1220 g/mol. The van der Waals surface area contributed by atoms with Crippen LogP contribution in [0.1, 0.15) is 20.8 Å². The molecule has 10 heterocycles. The van der Waals surface area contributed by atoms with E-state index in [1.807, 2.05) is 150 Å². The fourth-order valence-corrected chi connectivity index (χ4v) is 15.3. The summed E-state index contributed by atoms with van der Waals surface area (Å²) in [6, 6.07) is 43.8. The number of hydrogen-bond acceptors (Lipinski definition) is 21. The van der Waals surface area contributed by atoms with Crippen molar-refractivity contribution >= 4 is 119 Å². The highest BCUT2D eigenvalue weighted by Crippen LogP contribution is 2.41. The van der Waals surface area contributed by atoms with Gasteiger partial charge >= 0.3 is 74.5 Å². The Kier molecular flexibility index (Phi) is 15.7. The molecule has 4 aromatic carbocycles. The van der Waals surface area contributed by atoms with E-state index in [0.29, 0.717) is 21.9 Å². The lowest BCUT2D eigenvalue weighted by molar-refractivity contribution is -0.791. The third-order valence-electron chi connectivity index (χ3n) is 17.2. The van der Waals surface area contributed by atoms with Crippen LogP contribution in [0.2, 0.25) is 0 Å². The van der Waals surface area contributed by atoms with Gasteiger partial charge in [-0.2, -0.15) is 15.8 Å². The van der Waals surface area contributed by atoms with E-state index in [9.17, 15) is 38.4 Å². The highest BCUT2D eigenvalue weighted by atomic mass is 32.1. The normalized spacial score (nSPS) is 29.7. The van der Waals surface area contributed by atoms with Gasteiger partial charge in [0.05, 0.1) is 18.2 Å². The van der Waals surface area contributed by atoms with Crippen LogP contribution < -0.4 is 21.9 Å². The van der Waals surface area contributed by atoms with Gasteiger partial charge in [0.1, 0.15) is 52.4 Å². The van der Waals surface area contributed by atoms with Crippen molar-refractivity contribution in [3.63, 3.8) is 0 Å². The first-order valence-corrected chi connectivity index (χ1v) is 29.2. The van der Waals surface area contributed by atoms with Gasteiger partial charge in [-0.3, -0.25) is 38.4 Å². The number of carbonyl (C=O) groups excluding carboxylic acids is 8. The van der Waals surface area contributed by atoms with Crippen LogP contribution in [0, 0.1) is 34.0 Å². The van der Waals surface area contributed by atoms with Crippen LogP contribution >= 0.6 is 22.7 Å². The summed E-state index contributed by atoms with van der Waals surface area (Å²) in [7, 11) is 7.25. The zero-order valence-electron chi connectivity index (χ0n) is 48.5. The third kappa shape index (κ3) is 10.2. The molecule has 2 aromatic heterocycles. The molecule has 0 aliphatic carbocycles. The van der Waals surface area contributed by atoms with Crippen molar-refractivity contribution in [2.75, 3.05) is 80.5 Å². The van der Waals surface area contributed by atoms with Crippen LogP contribution in [0.25, 0.3) is 41.8 Å². The van der Waals surface area contributed by atoms with Gasteiger partial charge in [0.25, 0.3) is 0 Å². The van der Waals surface area contributed by atoms with Crippen molar-refractivity contribution in [2.24, 2.45) is 0 Å². The highest BCUT2D eigenvalue weighted by molar-refractivity contribution is 7.19. The van der Waals surface area contributed by atoms with Crippen LogP contribution in [0.5, 0.6) is 0 Å². The molecule has 444 valence electrons. The highest BCUT2D eigenvalue weighted by Gasteiger charge is 2.69. The molecule has 0 amide bonds. The van der Waals surface area contributed by atoms with E-state index in [0.717, 1.165) is 41.8 Å². The van der Waals surface area contributed by atoms with Crippen molar-refractivity contribution in [1.29, 1.82) is 15.8 Å². The van der Waals surface area contributed by atoms with Crippen LogP contribution in [0.15, 0.2) is 121 Å². The number of nitrogens with zero attached hydrogens (tertiary/aromatic N) is 7. The number of likely N-dealkylation sites (N-methyl/N-ethyl adjacent to an activating group) is 4. The van der Waals surface area contributed by atoms with Gasteiger partial charge in [-0.25, -0.2) is 0 Å². The molecule has 8 saturated heterocycles. The van der Waals surface area contributed by atoms with E-state index < -0.39 is 26.7 Å². The van der Waals surface area contributed by atoms with Crippen molar-refractivity contribution in [2.45, 2.75) is 20.8 Å². The molecule has 0 spiro atoms. The van der Waals surface area contributed by atoms with Gasteiger partial charge in [-0.05, 0) is 46.5 Å². The molecule has 0 radical (unpaired) electrons. The molecule has 23 nitrogen and oxygen atoms in total. The molecule has 0 bridgehead atoms. The van der Waals surface area contributed by atoms with Gasteiger partial charge in [0.15, 0.2) is 0 Å². The maximum Gasteiger partial charge on any atom is 0.614 e. The molecule has 14 rings (SSSR count). The molecule has 29 heteroatoms. The average molecular weight is 1220 g/mol.